The van der Waals surface area contributed by atoms with E-state index in [1.54, 1.807) is 54.6 Å². The quantitative estimate of drug-likeness (QED) is 0.0900. The van der Waals surface area contributed by atoms with Gasteiger partial charge in [-0.1, -0.05) is 18.2 Å². The maximum absolute atomic E-state index is 13.5. The van der Waals surface area contributed by atoms with Crippen LogP contribution in [0.3, 0.4) is 0 Å². The van der Waals surface area contributed by atoms with Crippen LogP contribution in [0.1, 0.15) is 36.6 Å². The zero-order valence-corrected chi connectivity index (χ0v) is 29.5. The summed E-state index contributed by atoms with van der Waals surface area (Å²) in [6.45, 7) is -0.0181. The lowest BCUT2D eigenvalue weighted by Crippen LogP contribution is -2.23. The van der Waals surface area contributed by atoms with E-state index in [1.807, 2.05) is 37.2 Å². The van der Waals surface area contributed by atoms with Crippen LogP contribution < -0.4 is 21.0 Å². The molecule has 2 aliphatic heterocycles. The number of carboxylic acid groups (broad SMARTS) is 1. The highest BCUT2D eigenvalue weighted by atomic mass is 16.4. The summed E-state index contributed by atoms with van der Waals surface area (Å²) >= 11 is 0. The molecule has 0 unspecified atom stereocenters. The molecular formula is C44H31N3O8. The largest absolute Gasteiger partial charge is 0.508 e. The molecule has 0 saturated carbocycles. The summed E-state index contributed by atoms with van der Waals surface area (Å²) in [5.74, 6) is -1.02. The zero-order valence-electron chi connectivity index (χ0n) is 29.5. The topological polar surface area (TPSA) is 174 Å². The monoisotopic (exact) mass is 729 g/mol. The summed E-state index contributed by atoms with van der Waals surface area (Å²) in [4.78, 5) is 52.9. The number of fused-ring (bicyclic) bond motifs is 4. The Labute approximate surface area is 312 Å². The molecule has 0 fully saturated rings. The lowest BCUT2D eigenvalue weighted by molar-refractivity contribution is 0.0697. The van der Waals surface area contributed by atoms with Crippen molar-refractivity contribution < 1.29 is 33.4 Å². The number of carbonyl (C=O) groups is 3. The number of hydrogen-bond donors (Lipinski definition) is 4. The fourth-order valence-electron chi connectivity index (χ4n) is 7.01. The fourth-order valence-corrected chi connectivity index (χ4v) is 7.01. The Kier molecular flexibility index (Phi) is 8.46. The normalized spacial score (nSPS) is 11.3. The number of hydrogen-bond acceptors (Lipinski definition) is 9. The van der Waals surface area contributed by atoms with Gasteiger partial charge in [0.25, 0.3) is 5.91 Å². The van der Waals surface area contributed by atoms with Gasteiger partial charge in [-0.15, -0.1) is 0 Å². The van der Waals surface area contributed by atoms with Crippen molar-refractivity contribution in [3.63, 3.8) is 0 Å². The highest BCUT2D eigenvalue weighted by molar-refractivity contribution is 6.09. The predicted molar refractivity (Wildman–Crippen MR) is 208 cm³/mol. The van der Waals surface area contributed by atoms with Crippen molar-refractivity contribution in [1.82, 2.24) is 5.32 Å². The molecule has 11 heteroatoms. The van der Waals surface area contributed by atoms with Gasteiger partial charge in [0.2, 0.25) is 0 Å². The van der Waals surface area contributed by atoms with Gasteiger partial charge in [-0.3, -0.25) is 14.4 Å². The molecule has 1 amide bonds. The molecule has 11 nitrogen and oxygen atoms in total. The van der Waals surface area contributed by atoms with E-state index < -0.39 is 11.9 Å². The number of anilines is 1. The van der Waals surface area contributed by atoms with Crippen LogP contribution in [0.25, 0.3) is 66.8 Å². The second-order valence-corrected chi connectivity index (χ2v) is 13.4. The number of nitrogens with one attached hydrogen (secondary N) is 2. The Hall–Kier alpha value is -7.53. The van der Waals surface area contributed by atoms with Gasteiger partial charge in [0.05, 0.1) is 10.9 Å². The molecule has 270 valence electrons. The second-order valence-electron chi connectivity index (χ2n) is 13.4. The summed E-state index contributed by atoms with van der Waals surface area (Å²) in [7, 11) is 3.84. The minimum absolute atomic E-state index is 0.0181. The van der Waals surface area contributed by atoms with Gasteiger partial charge in [-0.2, -0.15) is 0 Å². The van der Waals surface area contributed by atoms with Crippen molar-refractivity contribution >= 4 is 45.8 Å². The third-order valence-electron chi connectivity index (χ3n) is 9.65. The van der Waals surface area contributed by atoms with E-state index in [9.17, 15) is 29.4 Å². The molecule has 55 heavy (non-hydrogen) atoms. The number of aromatic carboxylic acids is 1. The van der Waals surface area contributed by atoms with Crippen molar-refractivity contribution in [1.29, 1.82) is 5.41 Å². The van der Waals surface area contributed by atoms with Gasteiger partial charge < -0.3 is 34.7 Å². The van der Waals surface area contributed by atoms with Crippen molar-refractivity contribution in [2.75, 3.05) is 19.0 Å². The van der Waals surface area contributed by atoms with Crippen molar-refractivity contribution in [3.05, 3.63) is 147 Å². The van der Waals surface area contributed by atoms with E-state index in [1.165, 1.54) is 36.4 Å². The van der Waals surface area contributed by atoms with Gasteiger partial charge in [0.1, 0.15) is 28.4 Å². The molecule has 0 atom stereocenters. The average molecular weight is 730 g/mol. The Morgan fingerprint density at radius 1 is 0.745 bits per heavy atom. The first-order valence-electron chi connectivity index (χ1n) is 17.2. The van der Waals surface area contributed by atoms with Crippen molar-refractivity contribution in [2.45, 2.75) is 6.54 Å². The molecule has 4 aromatic rings. The van der Waals surface area contributed by atoms with E-state index in [2.05, 4.69) is 5.32 Å². The molecule has 0 bridgehead atoms. The molecule has 8 rings (SSSR count). The van der Waals surface area contributed by atoms with Crippen LogP contribution in [-0.4, -0.2) is 42.5 Å². The second kappa shape index (κ2) is 13.5. The number of aldehydes is 1. The predicted octanol–water partition coefficient (Wildman–Crippen LogP) is 7.77. The Balaban J connectivity index is 1.13. The van der Waals surface area contributed by atoms with Crippen LogP contribution in [-0.2, 0) is 6.54 Å². The smallest absolute Gasteiger partial charge is 0.336 e. The van der Waals surface area contributed by atoms with Gasteiger partial charge in [-0.05, 0) is 83.4 Å². The number of rotatable bonds is 8. The summed E-state index contributed by atoms with van der Waals surface area (Å²) in [6, 6.07) is 29.3. The van der Waals surface area contributed by atoms with Crippen LogP contribution in [0.4, 0.5) is 5.69 Å². The number of nitrogens with zero attached hydrogens (tertiary/aromatic N) is 1. The van der Waals surface area contributed by atoms with E-state index >= 15 is 0 Å². The molecule has 0 radical (unpaired) electrons. The Bertz CT molecular complexity index is 2940. The summed E-state index contributed by atoms with van der Waals surface area (Å²) in [6.07, 6.45) is 0.697. The van der Waals surface area contributed by atoms with E-state index in [4.69, 9.17) is 14.2 Å². The number of aromatic hydroxyl groups is 1. The van der Waals surface area contributed by atoms with Crippen LogP contribution in [0.15, 0.2) is 123 Å². The molecule has 0 saturated heterocycles. The molecule has 4 aliphatic rings. The lowest BCUT2D eigenvalue weighted by Gasteiger charge is -2.19. The van der Waals surface area contributed by atoms with Gasteiger partial charge >= 0.3 is 5.97 Å². The van der Waals surface area contributed by atoms with Crippen LogP contribution in [0, 0.1) is 5.41 Å². The Morgan fingerprint density at radius 2 is 1.40 bits per heavy atom. The maximum atomic E-state index is 13.5. The van der Waals surface area contributed by atoms with E-state index in [-0.39, 0.29) is 51.1 Å². The number of phenols is 1. The maximum Gasteiger partial charge on any atom is 0.336 e. The molecule has 2 heterocycles. The van der Waals surface area contributed by atoms with E-state index in [0.29, 0.717) is 56.4 Å². The van der Waals surface area contributed by atoms with Crippen molar-refractivity contribution in [3.8, 4) is 50.7 Å². The third-order valence-corrected chi connectivity index (χ3v) is 9.65. The molecular weight excluding hydrogens is 698 g/mol. The van der Waals surface area contributed by atoms with Crippen LogP contribution >= 0.6 is 0 Å². The summed E-state index contributed by atoms with van der Waals surface area (Å²) in [5, 5.41) is 33.0. The zero-order chi connectivity index (χ0) is 38.5. The average Bonchev–Trinajstić information content (AvgIpc) is 3.17. The number of carboxylic acids is 1. The number of benzene rings is 6. The SMILES string of the molecule is CN(C)c1ccc2c(-c3ccc(C(=O)NCc4ccc(-c5c6ccc(=O)cc-6oc6cc(O)ccc56)c(C(=O)O)c4)cc3C=O)c3ccc(=N)cc-3oc2c1. The highest BCUT2D eigenvalue weighted by Crippen LogP contribution is 2.43. The van der Waals surface area contributed by atoms with E-state index in [0.717, 1.165) is 16.6 Å². The Morgan fingerprint density at radius 3 is 2.13 bits per heavy atom. The summed E-state index contributed by atoms with van der Waals surface area (Å²) < 4.78 is 12.1. The number of phenolic OH excluding ortho intramolecular Hbond substituents is 1. The molecule has 0 spiro atoms. The first-order valence-corrected chi connectivity index (χ1v) is 17.2. The van der Waals surface area contributed by atoms with Crippen molar-refractivity contribution in [2.24, 2.45) is 0 Å². The minimum Gasteiger partial charge on any atom is -0.508 e. The first kappa shape index (κ1) is 34.6. The first-order chi connectivity index (χ1) is 26.5. The highest BCUT2D eigenvalue weighted by Gasteiger charge is 2.24. The number of carbonyl (C=O) groups excluding carboxylic acids is 2. The van der Waals surface area contributed by atoms with Gasteiger partial charge in [0.15, 0.2) is 11.7 Å². The molecule has 4 N–H and O–H groups in total. The third kappa shape index (κ3) is 6.23. The van der Waals surface area contributed by atoms with Crippen LogP contribution in [0.5, 0.6) is 5.75 Å². The molecule has 4 aromatic carbocycles. The van der Waals surface area contributed by atoms with Crippen LogP contribution in [0.2, 0.25) is 0 Å². The molecule has 2 aliphatic carbocycles. The van der Waals surface area contributed by atoms with Gasteiger partial charge in [0, 0.05) is 94.7 Å². The minimum atomic E-state index is -1.21. The standard InChI is InChI=1S/C44H31N3O8/c1-47(2)27-6-12-33-38(18-27)54-37-17-26(45)5-11-32(37)41(33)30-10-4-24(16-25(30)22-48)43(51)46-21-23-3-9-31(36(15-23)44(52)53)42-34-13-7-28(49)19-39(34)55-40-20-29(50)8-14-35(40)42/h3-20,22,45,49H,21H2,1-2H3,(H,46,51)(H,52,53). The fraction of sp³-hybridized carbons (Fsp3) is 0.0682. The lowest BCUT2D eigenvalue weighted by atomic mass is 9.89. The van der Waals surface area contributed by atoms with Gasteiger partial charge in [-0.25, -0.2) is 4.79 Å². The number of amides is 1. The summed E-state index contributed by atoms with van der Waals surface area (Å²) in [5.41, 5.74) is 5.84. The molecule has 0 aromatic heterocycles.